The maximum atomic E-state index is 12.6. The number of sulfonamides is 1. The van der Waals surface area contributed by atoms with Gasteiger partial charge in [-0.1, -0.05) is 0 Å². The molecule has 2 rings (SSSR count). The van der Waals surface area contributed by atoms with Crippen LogP contribution >= 0.6 is 0 Å². The fraction of sp³-hybridized carbons (Fsp3) is 0.500. The standard InChI is InChI=1S/C12H18N4O4S/c1-8-11(17)14-4-5-16(8)21(19,20)9-6-10(12(18)13-2)15(3)7-9/h6-8H,4-5H2,1-3H3,(H,13,18)(H,14,17). The lowest BCUT2D eigenvalue weighted by Crippen LogP contribution is -2.55. The average Bonchev–Trinajstić information content (AvgIpc) is 2.83. The maximum absolute atomic E-state index is 12.6. The molecule has 1 saturated heterocycles. The molecule has 2 N–H and O–H groups in total. The summed E-state index contributed by atoms with van der Waals surface area (Å²) < 4.78 is 27.8. The Balaban J connectivity index is 2.40. The van der Waals surface area contributed by atoms with Crippen molar-refractivity contribution in [2.24, 2.45) is 7.05 Å². The predicted octanol–water partition coefficient (Wildman–Crippen LogP) is -1.11. The molecule has 0 bridgehead atoms. The van der Waals surface area contributed by atoms with Crippen LogP contribution in [0.15, 0.2) is 17.2 Å². The van der Waals surface area contributed by atoms with E-state index in [9.17, 15) is 18.0 Å². The third-order valence-corrected chi connectivity index (χ3v) is 5.42. The minimum absolute atomic E-state index is 0.00477. The fourth-order valence-corrected chi connectivity index (χ4v) is 3.92. The van der Waals surface area contributed by atoms with Gasteiger partial charge in [0.25, 0.3) is 5.91 Å². The molecule has 116 valence electrons. The molecular formula is C12H18N4O4S. The summed E-state index contributed by atoms with van der Waals surface area (Å²) in [6, 6.07) is 0.542. The van der Waals surface area contributed by atoms with Crippen LogP contribution in [0.2, 0.25) is 0 Å². The molecule has 1 unspecified atom stereocenters. The van der Waals surface area contributed by atoms with Gasteiger partial charge in [0, 0.05) is 33.4 Å². The van der Waals surface area contributed by atoms with Gasteiger partial charge in [0.05, 0.1) is 0 Å². The van der Waals surface area contributed by atoms with E-state index in [-0.39, 0.29) is 35.5 Å². The smallest absolute Gasteiger partial charge is 0.267 e. The Morgan fingerprint density at radius 2 is 2.14 bits per heavy atom. The summed E-state index contributed by atoms with van der Waals surface area (Å²) >= 11 is 0. The molecule has 2 amide bonds. The van der Waals surface area contributed by atoms with Crippen LogP contribution in [0.1, 0.15) is 17.4 Å². The zero-order valence-corrected chi connectivity index (χ0v) is 12.9. The number of aryl methyl sites for hydroxylation is 1. The lowest BCUT2D eigenvalue weighted by atomic mass is 10.2. The highest BCUT2D eigenvalue weighted by Gasteiger charge is 2.36. The first-order chi connectivity index (χ1) is 9.78. The molecule has 0 aromatic carbocycles. The molecule has 21 heavy (non-hydrogen) atoms. The number of carbonyl (C=O) groups excluding carboxylic acids is 2. The molecule has 2 heterocycles. The van der Waals surface area contributed by atoms with Crippen LogP contribution in [0.4, 0.5) is 0 Å². The van der Waals surface area contributed by atoms with E-state index < -0.39 is 16.1 Å². The molecule has 1 atom stereocenters. The summed E-state index contributed by atoms with van der Waals surface area (Å²) in [7, 11) is -0.750. The summed E-state index contributed by atoms with van der Waals surface area (Å²) in [6.07, 6.45) is 1.37. The van der Waals surface area contributed by atoms with Gasteiger partial charge in [0.1, 0.15) is 16.6 Å². The third kappa shape index (κ3) is 2.66. The number of hydrogen-bond donors (Lipinski definition) is 2. The van der Waals surface area contributed by atoms with E-state index in [1.807, 2.05) is 0 Å². The van der Waals surface area contributed by atoms with Crippen molar-refractivity contribution in [3.05, 3.63) is 18.0 Å². The highest BCUT2D eigenvalue weighted by molar-refractivity contribution is 7.89. The quantitative estimate of drug-likeness (QED) is 0.739. The van der Waals surface area contributed by atoms with Crippen molar-refractivity contribution in [3.8, 4) is 0 Å². The van der Waals surface area contributed by atoms with Crippen molar-refractivity contribution < 1.29 is 18.0 Å². The van der Waals surface area contributed by atoms with Gasteiger partial charge in [-0.3, -0.25) is 9.59 Å². The van der Waals surface area contributed by atoms with E-state index in [1.54, 1.807) is 7.05 Å². The third-order valence-electron chi connectivity index (χ3n) is 3.49. The van der Waals surface area contributed by atoms with Crippen LogP contribution in [-0.2, 0) is 21.9 Å². The highest BCUT2D eigenvalue weighted by atomic mass is 32.2. The lowest BCUT2D eigenvalue weighted by molar-refractivity contribution is -0.126. The molecule has 0 saturated carbocycles. The average molecular weight is 314 g/mol. The molecular weight excluding hydrogens is 296 g/mol. The maximum Gasteiger partial charge on any atom is 0.267 e. The molecule has 1 aliphatic rings. The SMILES string of the molecule is CNC(=O)c1cc(S(=O)(=O)N2CCNC(=O)C2C)cn1C. The van der Waals surface area contributed by atoms with Crippen LogP contribution in [0.5, 0.6) is 0 Å². The molecule has 1 fully saturated rings. The number of rotatable bonds is 3. The Morgan fingerprint density at radius 1 is 1.48 bits per heavy atom. The van der Waals surface area contributed by atoms with E-state index in [0.717, 1.165) is 4.31 Å². The summed E-state index contributed by atoms with van der Waals surface area (Å²) in [6.45, 7) is 2.02. The Bertz CT molecular complexity index is 679. The van der Waals surface area contributed by atoms with Gasteiger partial charge in [-0.05, 0) is 13.0 Å². The zero-order chi connectivity index (χ0) is 15.8. The fourth-order valence-electron chi connectivity index (χ4n) is 2.25. The van der Waals surface area contributed by atoms with Crippen LogP contribution in [0.25, 0.3) is 0 Å². The van der Waals surface area contributed by atoms with Crippen molar-refractivity contribution in [1.29, 1.82) is 0 Å². The second kappa shape index (κ2) is 5.49. The van der Waals surface area contributed by atoms with Crippen molar-refractivity contribution in [2.45, 2.75) is 17.9 Å². The molecule has 9 heteroatoms. The van der Waals surface area contributed by atoms with E-state index in [0.29, 0.717) is 0 Å². The van der Waals surface area contributed by atoms with Gasteiger partial charge in [-0.2, -0.15) is 4.31 Å². The zero-order valence-electron chi connectivity index (χ0n) is 12.1. The Labute approximate surface area is 123 Å². The Morgan fingerprint density at radius 3 is 2.76 bits per heavy atom. The number of carbonyl (C=O) groups is 2. The molecule has 1 aromatic heterocycles. The number of aromatic nitrogens is 1. The second-order valence-electron chi connectivity index (χ2n) is 4.83. The molecule has 8 nitrogen and oxygen atoms in total. The van der Waals surface area contributed by atoms with Crippen molar-refractivity contribution in [3.63, 3.8) is 0 Å². The summed E-state index contributed by atoms with van der Waals surface area (Å²) in [5.41, 5.74) is 0.241. The van der Waals surface area contributed by atoms with E-state index in [1.165, 1.54) is 30.8 Å². The first-order valence-electron chi connectivity index (χ1n) is 6.47. The number of amides is 2. The monoisotopic (exact) mass is 314 g/mol. The number of nitrogens with one attached hydrogen (secondary N) is 2. The van der Waals surface area contributed by atoms with Crippen molar-refractivity contribution in [1.82, 2.24) is 19.5 Å². The number of nitrogens with zero attached hydrogens (tertiary/aromatic N) is 2. The van der Waals surface area contributed by atoms with Gasteiger partial charge in [-0.25, -0.2) is 8.42 Å². The van der Waals surface area contributed by atoms with Crippen LogP contribution < -0.4 is 10.6 Å². The van der Waals surface area contributed by atoms with Gasteiger partial charge >= 0.3 is 0 Å². The normalized spacial score (nSPS) is 20.1. The first kappa shape index (κ1) is 15.5. The van der Waals surface area contributed by atoms with E-state index in [4.69, 9.17) is 0 Å². The molecule has 1 aliphatic heterocycles. The first-order valence-corrected chi connectivity index (χ1v) is 7.91. The topological polar surface area (TPSA) is 101 Å². The summed E-state index contributed by atoms with van der Waals surface area (Å²) in [5, 5.41) is 5.06. The second-order valence-corrected chi connectivity index (χ2v) is 6.72. The molecule has 1 aromatic rings. The summed E-state index contributed by atoms with van der Waals surface area (Å²) in [5.74, 6) is -0.698. The largest absolute Gasteiger partial charge is 0.354 e. The lowest BCUT2D eigenvalue weighted by Gasteiger charge is -2.31. The van der Waals surface area contributed by atoms with Crippen LogP contribution in [0.3, 0.4) is 0 Å². The van der Waals surface area contributed by atoms with Gasteiger partial charge in [0.2, 0.25) is 15.9 Å². The minimum atomic E-state index is -3.82. The minimum Gasteiger partial charge on any atom is -0.354 e. The molecule has 0 radical (unpaired) electrons. The van der Waals surface area contributed by atoms with Crippen LogP contribution in [-0.4, -0.2) is 55.3 Å². The van der Waals surface area contributed by atoms with Crippen molar-refractivity contribution >= 4 is 21.8 Å². The van der Waals surface area contributed by atoms with Gasteiger partial charge in [0.15, 0.2) is 0 Å². The Hall–Kier alpha value is -1.87. The molecule has 0 aliphatic carbocycles. The number of hydrogen-bond acceptors (Lipinski definition) is 4. The van der Waals surface area contributed by atoms with E-state index in [2.05, 4.69) is 10.6 Å². The van der Waals surface area contributed by atoms with E-state index >= 15 is 0 Å². The van der Waals surface area contributed by atoms with Crippen LogP contribution in [0, 0.1) is 0 Å². The number of piperazine rings is 1. The van der Waals surface area contributed by atoms with Crippen molar-refractivity contribution in [2.75, 3.05) is 20.1 Å². The van der Waals surface area contributed by atoms with Gasteiger partial charge in [-0.15, -0.1) is 0 Å². The highest BCUT2D eigenvalue weighted by Crippen LogP contribution is 2.21. The predicted molar refractivity (Wildman–Crippen MR) is 75.2 cm³/mol. The summed E-state index contributed by atoms with van der Waals surface area (Å²) in [4.78, 5) is 23.3. The Kier molecular flexibility index (Phi) is 4.06. The molecule has 0 spiro atoms. The van der Waals surface area contributed by atoms with Gasteiger partial charge < -0.3 is 15.2 Å².